The zero-order valence-electron chi connectivity index (χ0n) is 20.0. The van der Waals surface area contributed by atoms with Crippen LogP contribution >= 0.6 is 0 Å². The van der Waals surface area contributed by atoms with Crippen molar-refractivity contribution in [3.05, 3.63) is 62.8 Å². The maximum atomic E-state index is 14.0. The maximum Gasteiger partial charge on any atom is 0.274 e. The number of hydrogen-bond acceptors (Lipinski definition) is 5. The molecule has 2 heterocycles. The van der Waals surface area contributed by atoms with E-state index in [4.69, 9.17) is 4.74 Å². The summed E-state index contributed by atoms with van der Waals surface area (Å²) in [5.74, 6) is -6.06. The SMILES string of the molecule is CCC1(OC)CCCN(C)C(=O)c2c(O)c(=O)c(C(=O)NCc3c(F)cc(F)cc3F)cn2C1C. The molecule has 0 radical (unpaired) electrons. The Labute approximate surface area is 200 Å². The summed E-state index contributed by atoms with van der Waals surface area (Å²) >= 11 is 0. The molecule has 1 aliphatic heterocycles. The highest BCUT2D eigenvalue weighted by Crippen LogP contribution is 2.37. The minimum atomic E-state index is -1.20. The molecule has 2 atom stereocenters. The van der Waals surface area contributed by atoms with Crippen molar-refractivity contribution in [3.8, 4) is 5.75 Å². The third-order valence-corrected chi connectivity index (χ3v) is 6.81. The second-order valence-corrected chi connectivity index (χ2v) is 8.64. The van der Waals surface area contributed by atoms with Gasteiger partial charge < -0.3 is 24.6 Å². The van der Waals surface area contributed by atoms with Gasteiger partial charge in [-0.25, -0.2) is 13.2 Å². The van der Waals surface area contributed by atoms with E-state index in [1.807, 2.05) is 6.92 Å². The summed E-state index contributed by atoms with van der Waals surface area (Å²) in [6.45, 7) is 3.35. The number of rotatable bonds is 5. The fraction of sp³-hybridized carbons (Fsp3) is 0.458. The van der Waals surface area contributed by atoms with Gasteiger partial charge in [-0.2, -0.15) is 0 Å². The maximum absolute atomic E-state index is 14.0. The van der Waals surface area contributed by atoms with Crippen LogP contribution in [0.2, 0.25) is 0 Å². The molecule has 2 amide bonds. The van der Waals surface area contributed by atoms with Crippen molar-refractivity contribution in [3.63, 3.8) is 0 Å². The number of halogens is 3. The van der Waals surface area contributed by atoms with E-state index in [0.29, 0.717) is 37.9 Å². The van der Waals surface area contributed by atoms with E-state index in [0.717, 1.165) is 6.20 Å². The number of fused-ring (bicyclic) bond motifs is 1. The van der Waals surface area contributed by atoms with E-state index in [1.165, 1.54) is 16.6 Å². The topological polar surface area (TPSA) is 101 Å². The lowest BCUT2D eigenvalue weighted by atomic mass is 9.86. The van der Waals surface area contributed by atoms with Crippen LogP contribution in [-0.2, 0) is 11.3 Å². The van der Waals surface area contributed by atoms with Gasteiger partial charge in [0, 0.05) is 51.1 Å². The molecule has 0 saturated carbocycles. The molecule has 0 spiro atoms. The number of aromatic nitrogens is 1. The van der Waals surface area contributed by atoms with Crippen LogP contribution in [0, 0.1) is 17.5 Å². The van der Waals surface area contributed by atoms with Crippen LogP contribution in [0.25, 0.3) is 0 Å². The van der Waals surface area contributed by atoms with Gasteiger partial charge in [0.2, 0.25) is 5.43 Å². The molecule has 8 nitrogen and oxygen atoms in total. The summed E-state index contributed by atoms with van der Waals surface area (Å²) in [5, 5.41) is 13.0. The molecule has 2 aromatic rings. The predicted molar refractivity (Wildman–Crippen MR) is 121 cm³/mol. The number of carbonyl (C=O) groups is 2. The Kier molecular flexibility index (Phi) is 7.59. The zero-order valence-corrected chi connectivity index (χ0v) is 20.0. The Morgan fingerprint density at radius 2 is 1.89 bits per heavy atom. The third kappa shape index (κ3) is 4.77. The normalized spacial score (nSPS) is 20.6. The van der Waals surface area contributed by atoms with Gasteiger partial charge in [-0.15, -0.1) is 0 Å². The Bertz CT molecular complexity index is 1190. The first-order valence-corrected chi connectivity index (χ1v) is 11.2. The number of nitrogens with zero attached hydrogens (tertiary/aromatic N) is 2. The Morgan fingerprint density at radius 3 is 2.46 bits per heavy atom. The average Bonchev–Trinajstić information content (AvgIpc) is 2.84. The number of methoxy groups -OCH3 is 1. The Balaban J connectivity index is 2.09. The first-order chi connectivity index (χ1) is 16.5. The van der Waals surface area contributed by atoms with E-state index in [1.54, 1.807) is 14.0 Å². The number of hydrogen-bond donors (Lipinski definition) is 2. The van der Waals surface area contributed by atoms with E-state index in [-0.39, 0.29) is 5.69 Å². The molecule has 2 N–H and O–H groups in total. The summed E-state index contributed by atoms with van der Waals surface area (Å²) in [6.07, 6.45) is 2.86. The summed E-state index contributed by atoms with van der Waals surface area (Å²) in [6, 6.07) is 0.366. The van der Waals surface area contributed by atoms with Crippen molar-refractivity contribution in [2.24, 2.45) is 0 Å². The largest absolute Gasteiger partial charge is 0.503 e. The minimum absolute atomic E-state index is 0.283. The van der Waals surface area contributed by atoms with E-state index in [2.05, 4.69) is 5.32 Å². The van der Waals surface area contributed by atoms with Crippen molar-refractivity contribution in [1.82, 2.24) is 14.8 Å². The van der Waals surface area contributed by atoms with Crippen LogP contribution in [0.3, 0.4) is 0 Å². The van der Waals surface area contributed by atoms with Gasteiger partial charge in [-0.1, -0.05) is 6.92 Å². The molecule has 0 bridgehead atoms. The van der Waals surface area contributed by atoms with Crippen molar-refractivity contribution in [1.29, 1.82) is 0 Å². The quantitative estimate of drug-likeness (QED) is 0.664. The van der Waals surface area contributed by atoms with Gasteiger partial charge in [0.1, 0.15) is 23.0 Å². The van der Waals surface area contributed by atoms with Crippen molar-refractivity contribution >= 4 is 11.8 Å². The highest BCUT2D eigenvalue weighted by molar-refractivity contribution is 5.98. The molecule has 3 rings (SSSR count). The molecule has 2 unspecified atom stereocenters. The predicted octanol–water partition coefficient (Wildman–Crippen LogP) is 3.12. The highest BCUT2D eigenvalue weighted by Gasteiger charge is 2.40. The van der Waals surface area contributed by atoms with Crippen LogP contribution in [-0.4, -0.2) is 52.7 Å². The molecule has 1 aliphatic rings. The molecule has 35 heavy (non-hydrogen) atoms. The Hall–Kier alpha value is -3.34. The average molecular weight is 495 g/mol. The van der Waals surface area contributed by atoms with Crippen molar-refractivity contribution in [2.45, 2.75) is 51.3 Å². The fourth-order valence-corrected chi connectivity index (χ4v) is 4.55. The Morgan fingerprint density at radius 1 is 1.26 bits per heavy atom. The first-order valence-electron chi connectivity index (χ1n) is 11.2. The molecule has 1 aromatic carbocycles. The van der Waals surface area contributed by atoms with E-state index >= 15 is 0 Å². The summed E-state index contributed by atoms with van der Waals surface area (Å²) in [4.78, 5) is 40.2. The fourth-order valence-electron chi connectivity index (χ4n) is 4.55. The molecule has 0 aliphatic carbocycles. The zero-order chi connectivity index (χ0) is 26.1. The lowest BCUT2D eigenvalue weighted by molar-refractivity contribution is -0.0587. The minimum Gasteiger partial charge on any atom is -0.503 e. The van der Waals surface area contributed by atoms with Gasteiger partial charge >= 0.3 is 0 Å². The second-order valence-electron chi connectivity index (χ2n) is 8.64. The van der Waals surface area contributed by atoms with Gasteiger partial charge in [-0.3, -0.25) is 14.4 Å². The number of amides is 2. The molecule has 1 aromatic heterocycles. The number of pyridine rings is 1. The lowest BCUT2D eigenvalue weighted by Crippen LogP contribution is -2.41. The molecular formula is C24H28F3N3O5. The standard InChI is InChI=1S/C24H28F3N3O5/c1-5-24(35-4)7-6-8-29(3)23(34)19-21(32)20(31)16(12-30(19)13(24)2)22(33)28-11-15-17(26)9-14(25)10-18(15)27/h9-10,12-13,32H,5-8,11H2,1-4H3,(H,28,33). The van der Waals surface area contributed by atoms with Crippen molar-refractivity contribution in [2.75, 3.05) is 20.7 Å². The van der Waals surface area contributed by atoms with E-state index < -0.39 is 69.8 Å². The molecule has 0 fully saturated rings. The summed E-state index contributed by atoms with van der Waals surface area (Å²) in [7, 11) is 3.07. The van der Waals surface area contributed by atoms with Gasteiger partial charge in [0.15, 0.2) is 11.4 Å². The second kappa shape index (κ2) is 10.1. The molecular weight excluding hydrogens is 467 g/mol. The highest BCUT2D eigenvalue weighted by atomic mass is 19.1. The third-order valence-electron chi connectivity index (χ3n) is 6.81. The van der Waals surface area contributed by atoms with Crippen LogP contribution in [0.15, 0.2) is 23.1 Å². The summed E-state index contributed by atoms with van der Waals surface area (Å²) in [5.41, 5.74) is -3.29. The number of aromatic hydroxyl groups is 1. The van der Waals surface area contributed by atoms with E-state index in [9.17, 15) is 32.7 Å². The molecule has 190 valence electrons. The summed E-state index contributed by atoms with van der Waals surface area (Å²) < 4.78 is 48.3. The van der Waals surface area contributed by atoms with Crippen molar-refractivity contribution < 1.29 is 32.6 Å². The van der Waals surface area contributed by atoms with Crippen LogP contribution in [0.5, 0.6) is 5.75 Å². The first kappa shape index (κ1) is 26.3. The van der Waals surface area contributed by atoms with Gasteiger partial charge in [0.25, 0.3) is 11.8 Å². The number of benzene rings is 1. The smallest absolute Gasteiger partial charge is 0.274 e. The van der Waals surface area contributed by atoms with Crippen LogP contribution < -0.4 is 10.7 Å². The molecule has 11 heteroatoms. The van der Waals surface area contributed by atoms with Crippen LogP contribution in [0.1, 0.15) is 65.6 Å². The van der Waals surface area contributed by atoms with Gasteiger partial charge in [-0.05, 0) is 26.2 Å². The lowest BCUT2D eigenvalue weighted by Gasteiger charge is -2.39. The monoisotopic (exact) mass is 495 g/mol. The number of ether oxygens (including phenoxy) is 1. The number of nitrogens with one attached hydrogen (secondary N) is 1. The number of carbonyl (C=O) groups excluding carboxylic acids is 2. The molecule has 0 saturated heterocycles. The van der Waals surface area contributed by atoms with Crippen LogP contribution in [0.4, 0.5) is 13.2 Å². The van der Waals surface area contributed by atoms with Gasteiger partial charge in [0.05, 0.1) is 11.6 Å².